The Hall–Kier alpha value is -1.66. The van der Waals surface area contributed by atoms with Gasteiger partial charge in [0.2, 0.25) is 0 Å². The van der Waals surface area contributed by atoms with Gasteiger partial charge in [0, 0.05) is 39.4 Å². The first-order valence-electron chi connectivity index (χ1n) is 6.89. The van der Waals surface area contributed by atoms with Crippen molar-refractivity contribution in [1.82, 2.24) is 9.80 Å². The molecule has 0 radical (unpaired) electrons. The predicted octanol–water partition coefficient (Wildman–Crippen LogP) is 1.32. The summed E-state index contributed by atoms with van der Waals surface area (Å²) >= 11 is 0. The molecule has 0 unspecified atom stereocenters. The van der Waals surface area contributed by atoms with E-state index in [0.29, 0.717) is 6.54 Å². The molecule has 0 spiro atoms. The number of nitrogens with zero attached hydrogens (tertiary/aromatic N) is 2. The number of halogens is 1. The molecule has 6 heteroatoms. The van der Waals surface area contributed by atoms with Gasteiger partial charge in [-0.05, 0) is 25.6 Å². The monoisotopic (exact) mass is 296 g/mol. The number of likely N-dealkylation sites (N-methyl/N-ethyl adjacent to an activating group) is 2. The van der Waals surface area contributed by atoms with Crippen LogP contribution in [-0.2, 0) is 4.74 Å². The average molecular weight is 296 g/mol. The molecule has 1 amide bonds. The molecule has 1 aromatic rings. The van der Waals surface area contributed by atoms with E-state index in [-0.39, 0.29) is 29.4 Å². The van der Waals surface area contributed by atoms with Crippen LogP contribution >= 0.6 is 0 Å². The number of likely N-dealkylation sites (tertiary alicyclic amines) is 1. The van der Waals surface area contributed by atoms with E-state index in [2.05, 4.69) is 4.90 Å². The van der Waals surface area contributed by atoms with Crippen LogP contribution in [0.5, 0.6) is 5.75 Å². The van der Waals surface area contributed by atoms with Crippen LogP contribution in [0.15, 0.2) is 18.2 Å². The Balaban J connectivity index is 2.03. The zero-order valence-corrected chi connectivity index (χ0v) is 12.5. The fraction of sp³-hybridized carbons (Fsp3) is 0.533. The summed E-state index contributed by atoms with van der Waals surface area (Å²) in [6, 6.07) is 3.64. The van der Waals surface area contributed by atoms with Crippen molar-refractivity contribution >= 4 is 5.91 Å². The fourth-order valence-corrected chi connectivity index (χ4v) is 2.70. The van der Waals surface area contributed by atoms with E-state index in [9.17, 15) is 14.3 Å². The van der Waals surface area contributed by atoms with Crippen LogP contribution in [0, 0.1) is 5.82 Å². The quantitative estimate of drug-likeness (QED) is 0.910. The van der Waals surface area contributed by atoms with Gasteiger partial charge in [-0.15, -0.1) is 0 Å². The number of amides is 1. The minimum Gasteiger partial charge on any atom is -0.507 e. The lowest BCUT2D eigenvalue weighted by Crippen LogP contribution is -2.39. The third-order valence-electron chi connectivity index (χ3n) is 4.00. The first-order chi connectivity index (χ1) is 9.92. The molecule has 1 N–H and O–H groups in total. The molecule has 116 valence electrons. The van der Waals surface area contributed by atoms with Crippen molar-refractivity contribution in [3.63, 3.8) is 0 Å². The van der Waals surface area contributed by atoms with Crippen LogP contribution in [0.1, 0.15) is 16.8 Å². The second-order valence-corrected chi connectivity index (χ2v) is 5.53. The van der Waals surface area contributed by atoms with Crippen molar-refractivity contribution in [2.45, 2.75) is 18.6 Å². The Labute approximate surface area is 123 Å². The number of benzene rings is 1. The van der Waals surface area contributed by atoms with Gasteiger partial charge in [-0.2, -0.15) is 0 Å². The lowest BCUT2D eigenvalue weighted by atomic mass is 10.1. The predicted molar refractivity (Wildman–Crippen MR) is 76.9 cm³/mol. The Morgan fingerprint density at radius 2 is 2.29 bits per heavy atom. The van der Waals surface area contributed by atoms with E-state index in [1.54, 1.807) is 19.1 Å². The topological polar surface area (TPSA) is 53.0 Å². The summed E-state index contributed by atoms with van der Waals surface area (Å²) in [6.07, 6.45) is 1.04. The molecule has 0 saturated carbocycles. The van der Waals surface area contributed by atoms with E-state index in [1.165, 1.54) is 12.1 Å². The molecule has 1 saturated heterocycles. The smallest absolute Gasteiger partial charge is 0.257 e. The Kier molecular flexibility index (Phi) is 4.80. The number of methoxy groups -OCH3 is 1. The third-order valence-corrected chi connectivity index (χ3v) is 4.00. The molecule has 0 bridgehead atoms. The highest BCUT2D eigenvalue weighted by Gasteiger charge is 2.31. The lowest BCUT2D eigenvalue weighted by Gasteiger charge is -2.25. The summed E-state index contributed by atoms with van der Waals surface area (Å²) in [4.78, 5) is 16.0. The largest absolute Gasteiger partial charge is 0.507 e. The fourth-order valence-electron chi connectivity index (χ4n) is 2.70. The first-order valence-corrected chi connectivity index (χ1v) is 6.89. The zero-order valence-electron chi connectivity index (χ0n) is 12.5. The van der Waals surface area contributed by atoms with Crippen molar-refractivity contribution in [1.29, 1.82) is 0 Å². The van der Waals surface area contributed by atoms with E-state index < -0.39 is 5.82 Å². The summed E-state index contributed by atoms with van der Waals surface area (Å²) in [6.45, 7) is 1.37. The Bertz CT molecular complexity index is 524. The molecular formula is C15H21FN2O3. The van der Waals surface area contributed by atoms with E-state index >= 15 is 0 Å². The number of hydrogen-bond donors (Lipinski definition) is 1. The van der Waals surface area contributed by atoms with Crippen molar-refractivity contribution in [2.75, 3.05) is 34.3 Å². The zero-order chi connectivity index (χ0) is 15.6. The molecule has 5 nitrogen and oxygen atoms in total. The summed E-state index contributed by atoms with van der Waals surface area (Å²) in [5.74, 6) is -1.21. The number of aromatic hydroxyl groups is 1. The molecule has 1 aliphatic rings. The molecule has 21 heavy (non-hydrogen) atoms. The molecule has 2 atom stereocenters. The molecule has 2 rings (SSSR count). The average Bonchev–Trinajstić information content (AvgIpc) is 2.78. The van der Waals surface area contributed by atoms with Crippen LogP contribution in [-0.4, -0.2) is 67.3 Å². The SMILES string of the molecule is CO[C@H]1C[C@@H](CN(C)C(=O)c2ccc(F)cc2O)N(C)C1. The second-order valence-electron chi connectivity index (χ2n) is 5.53. The van der Waals surface area contributed by atoms with Crippen molar-refractivity contribution in [3.05, 3.63) is 29.6 Å². The number of carbonyl (C=O) groups is 1. The van der Waals surface area contributed by atoms with E-state index in [0.717, 1.165) is 19.0 Å². The highest BCUT2D eigenvalue weighted by atomic mass is 19.1. The van der Waals surface area contributed by atoms with Gasteiger partial charge in [0.1, 0.15) is 11.6 Å². The third kappa shape index (κ3) is 3.51. The molecule has 1 aromatic carbocycles. The highest BCUT2D eigenvalue weighted by Crippen LogP contribution is 2.22. The lowest BCUT2D eigenvalue weighted by molar-refractivity contribution is 0.0757. The second kappa shape index (κ2) is 6.41. The van der Waals surface area contributed by atoms with Crippen LogP contribution < -0.4 is 0 Å². The number of carbonyl (C=O) groups excluding carboxylic acids is 1. The van der Waals surface area contributed by atoms with E-state index in [4.69, 9.17) is 4.74 Å². The van der Waals surface area contributed by atoms with Crippen molar-refractivity contribution in [2.24, 2.45) is 0 Å². The molecular weight excluding hydrogens is 275 g/mol. The maximum atomic E-state index is 13.0. The van der Waals surface area contributed by atoms with Gasteiger partial charge in [-0.1, -0.05) is 0 Å². The van der Waals surface area contributed by atoms with Gasteiger partial charge in [-0.25, -0.2) is 4.39 Å². The van der Waals surface area contributed by atoms with E-state index in [1.807, 2.05) is 7.05 Å². The number of ether oxygens (including phenoxy) is 1. The van der Waals surface area contributed by atoms with Gasteiger partial charge in [-0.3, -0.25) is 9.69 Å². The summed E-state index contributed by atoms with van der Waals surface area (Å²) < 4.78 is 18.3. The van der Waals surface area contributed by atoms with Crippen molar-refractivity contribution in [3.8, 4) is 5.75 Å². The van der Waals surface area contributed by atoms with Crippen LogP contribution in [0.3, 0.4) is 0 Å². The minimum atomic E-state index is -0.565. The summed E-state index contributed by atoms with van der Waals surface area (Å²) in [5.41, 5.74) is 0.114. The maximum Gasteiger partial charge on any atom is 0.257 e. The standard InChI is InChI=1S/C15H21FN2O3/c1-17-9-12(21-3)7-11(17)8-18(2)15(20)13-5-4-10(16)6-14(13)19/h4-6,11-12,19H,7-9H2,1-3H3/t11-,12-/m0/s1. The normalized spacial score (nSPS) is 22.5. The maximum absolute atomic E-state index is 13.0. The van der Waals surface area contributed by atoms with Gasteiger partial charge in [0.25, 0.3) is 5.91 Å². The number of rotatable bonds is 4. The van der Waals surface area contributed by atoms with Crippen LogP contribution in [0.4, 0.5) is 4.39 Å². The Morgan fingerprint density at radius 1 is 1.57 bits per heavy atom. The number of phenols is 1. The van der Waals surface area contributed by atoms with Gasteiger partial charge in [0.05, 0.1) is 11.7 Å². The highest BCUT2D eigenvalue weighted by molar-refractivity contribution is 5.96. The van der Waals surface area contributed by atoms with Crippen molar-refractivity contribution < 1.29 is 19.0 Å². The van der Waals surface area contributed by atoms with Crippen LogP contribution in [0.25, 0.3) is 0 Å². The summed E-state index contributed by atoms with van der Waals surface area (Å²) in [7, 11) is 5.36. The number of hydrogen-bond acceptors (Lipinski definition) is 4. The first kappa shape index (κ1) is 15.7. The van der Waals surface area contributed by atoms with Gasteiger partial charge in [0.15, 0.2) is 0 Å². The minimum absolute atomic E-state index is 0.114. The molecule has 0 aromatic heterocycles. The molecule has 1 fully saturated rings. The Morgan fingerprint density at radius 3 is 2.86 bits per heavy atom. The molecule has 0 aliphatic carbocycles. The van der Waals surface area contributed by atoms with Gasteiger partial charge < -0.3 is 14.7 Å². The summed E-state index contributed by atoms with van der Waals surface area (Å²) in [5, 5.41) is 9.69. The molecule has 1 aliphatic heterocycles. The van der Waals surface area contributed by atoms with Gasteiger partial charge >= 0.3 is 0 Å². The van der Waals surface area contributed by atoms with Crippen LogP contribution in [0.2, 0.25) is 0 Å². The number of phenolic OH excluding ortho intramolecular Hbond substituents is 1. The molecule has 1 heterocycles.